The van der Waals surface area contributed by atoms with E-state index in [1.807, 2.05) is 50.2 Å². The lowest BCUT2D eigenvalue weighted by Gasteiger charge is -2.32. The number of carbonyl (C=O) groups is 1. The van der Waals surface area contributed by atoms with Crippen molar-refractivity contribution in [2.75, 3.05) is 14.2 Å². The summed E-state index contributed by atoms with van der Waals surface area (Å²) in [6.07, 6.45) is 5.64. The van der Waals surface area contributed by atoms with Crippen LogP contribution < -0.4 is 14.8 Å². The van der Waals surface area contributed by atoms with Gasteiger partial charge in [-0.15, -0.1) is 0 Å². The molecule has 1 atom stereocenters. The predicted molar refractivity (Wildman–Crippen MR) is 127 cm³/mol. The quantitative estimate of drug-likeness (QED) is 0.542. The van der Waals surface area contributed by atoms with Crippen molar-refractivity contribution in [3.63, 3.8) is 0 Å². The number of para-hydroxylation sites is 2. The van der Waals surface area contributed by atoms with Gasteiger partial charge in [-0.25, -0.2) is 4.98 Å². The zero-order chi connectivity index (χ0) is 22.7. The number of aromatic nitrogens is 2. The van der Waals surface area contributed by atoms with Crippen molar-refractivity contribution in [2.24, 2.45) is 5.92 Å². The van der Waals surface area contributed by atoms with Crippen molar-refractivity contribution >= 4 is 16.9 Å². The van der Waals surface area contributed by atoms with Crippen LogP contribution in [0.4, 0.5) is 0 Å². The van der Waals surface area contributed by atoms with Crippen LogP contribution in [-0.2, 0) is 4.79 Å². The van der Waals surface area contributed by atoms with Crippen LogP contribution in [0.25, 0.3) is 22.4 Å². The van der Waals surface area contributed by atoms with Crippen molar-refractivity contribution in [3.05, 3.63) is 42.5 Å². The van der Waals surface area contributed by atoms with E-state index in [2.05, 4.69) is 16.0 Å². The minimum atomic E-state index is -0.327. The Bertz CT molecular complexity index is 1080. The SMILES string of the molecule is COc1ccc(-c2nc3ccccc3n2C(C(=O)NC(C)C)C2CCCCC2)c(OC)c1. The number of rotatable bonds is 7. The average molecular weight is 436 g/mol. The van der Waals surface area contributed by atoms with E-state index >= 15 is 0 Å². The summed E-state index contributed by atoms with van der Waals surface area (Å²) in [6, 6.07) is 13.5. The Hall–Kier alpha value is -3.02. The van der Waals surface area contributed by atoms with Gasteiger partial charge in [0, 0.05) is 12.1 Å². The van der Waals surface area contributed by atoms with Crippen LogP contribution in [0.3, 0.4) is 0 Å². The number of hydrogen-bond acceptors (Lipinski definition) is 4. The van der Waals surface area contributed by atoms with E-state index in [-0.39, 0.29) is 23.9 Å². The van der Waals surface area contributed by atoms with Crippen LogP contribution in [0.1, 0.15) is 52.0 Å². The zero-order valence-corrected chi connectivity index (χ0v) is 19.4. The Morgan fingerprint density at radius 1 is 1.06 bits per heavy atom. The Balaban J connectivity index is 1.94. The van der Waals surface area contributed by atoms with Gasteiger partial charge < -0.3 is 19.4 Å². The summed E-state index contributed by atoms with van der Waals surface area (Å²) in [5, 5.41) is 3.18. The van der Waals surface area contributed by atoms with Crippen LogP contribution >= 0.6 is 0 Å². The van der Waals surface area contributed by atoms with Gasteiger partial charge in [0.15, 0.2) is 0 Å². The van der Waals surface area contributed by atoms with Gasteiger partial charge in [0.25, 0.3) is 0 Å². The number of carbonyl (C=O) groups excluding carboxylic acids is 1. The molecular weight excluding hydrogens is 402 g/mol. The number of fused-ring (bicyclic) bond motifs is 1. The van der Waals surface area contributed by atoms with Crippen LogP contribution in [0.5, 0.6) is 11.5 Å². The highest BCUT2D eigenvalue weighted by molar-refractivity contribution is 5.88. The molecule has 1 aromatic heterocycles. The summed E-state index contributed by atoms with van der Waals surface area (Å²) in [5.74, 6) is 2.47. The maximum absolute atomic E-state index is 13.6. The number of methoxy groups -OCH3 is 2. The summed E-state index contributed by atoms with van der Waals surface area (Å²) in [5.41, 5.74) is 2.69. The molecule has 0 radical (unpaired) electrons. The molecule has 2 aromatic carbocycles. The van der Waals surface area contributed by atoms with Crippen LogP contribution in [0.2, 0.25) is 0 Å². The van der Waals surface area contributed by atoms with Crippen molar-refractivity contribution in [3.8, 4) is 22.9 Å². The van der Waals surface area contributed by atoms with E-state index in [0.29, 0.717) is 5.75 Å². The third kappa shape index (κ3) is 4.31. The fourth-order valence-electron chi connectivity index (χ4n) is 4.86. The van der Waals surface area contributed by atoms with Crippen LogP contribution in [0.15, 0.2) is 42.5 Å². The highest BCUT2D eigenvalue weighted by Crippen LogP contribution is 2.41. The fourth-order valence-corrected chi connectivity index (χ4v) is 4.86. The monoisotopic (exact) mass is 435 g/mol. The Morgan fingerprint density at radius 2 is 1.81 bits per heavy atom. The van der Waals surface area contributed by atoms with E-state index in [9.17, 15) is 4.79 Å². The number of imidazole rings is 1. The topological polar surface area (TPSA) is 65.4 Å². The van der Waals surface area contributed by atoms with E-state index in [4.69, 9.17) is 14.5 Å². The molecule has 1 amide bonds. The van der Waals surface area contributed by atoms with Crippen LogP contribution in [-0.4, -0.2) is 35.7 Å². The number of ether oxygens (including phenoxy) is 2. The van der Waals surface area contributed by atoms with Gasteiger partial charge in [-0.2, -0.15) is 0 Å². The van der Waals surface area contributed by atoms with Gasteiger partial charge in [-0.3, -0.25) is 4.79 Å². The third-order valence-corrected chi connectivity index (χ3v) is 6.32. The molecule has 1 N–H and O–H groups in total. The molecule has 1 saturated carbocycles. The number of nitrogens with zero attached hydrogens (tertiary/aromatic N) is 2. The molecule has 6 heteroatoms. The molecule has 0 spiro atoms. The molecule has 0 bridgehead atoms. The molecule has 1 aliphatic carbocycles. The number of benzene rings is 2. The number of nitrogens with one attached hydrogen (secondary N) is 1. The molecule has 6 nitrogen and oxygen atoms in total. The van der Waals surface area contributed by atoms with E-state index < -0.39 is 0 Å². The smallest absolute Gasteiger partial charge is 0.243 e. The van der Waals surface area contributed by atoms with Gasteiger partial charge >= 0.3 is 0 Å². The first-order valence-electron chi connectivity index (χ1n) is 11.5. The predicted octanol–water partition coefficient (Wildman–Crippen LogP) is 5.37. The molecule has 0 aliphatic heterocycles. The summed E-state index contributed by atoms with van der Waals surface area (Å²) >= 11 is 0. The van der Waals surface area contributed by atoms with E-state index in [1.54, 1.807) is 14.2 Å². The summed E-state index contributed by atoms with van der Waals surface area (Å²) in [6.45, 7) is 4.02. The minimum absolute atomic E-state index is 0.0591. The minimum Gasteiger partial charge on any atom is -0.497 e. The second-order valence-electron chi connectivity index (χ2n) is 8.87. The molecule has 170 valence electrons. The lowest BCUT2D eigenvalue weighted by atomic mass is 9.83. The largest absolute Gasteiger partial charge is 0.497 e. The lowest BCUT2D eigenvalue weighted by Crippen LogP contribution is -2.41. The second kappa shape index (κ2) is 9.63. The molecule has 1 heterocycles. The maximum Gasteiger partial charge on any atom is 0.243 e. The Labute approximate surface area is 189 Å². The van der Waals surface area contributed by atoms with E-state index in [0.717, 1.165) is 53.9 Å². The molecule has 0 saturated heterocycles. The Morgan fingerprint density at radius 3 is 2.50 bits per heavy atom. The first-order chi connectivity index (χ1) is 15.5. The van der Waals surface area contributed by atoms with Gasteiger partial charge in [0.05, 0.1) is 30.8 Å². The van der Waals surface area contributed by atoms with Crippen LogP contribution in [0, 0.1) is 5.92 Å². The van der Waals surface area contributed by atoms with Gasteiger partial charge in [-0.05, 0) is 56.9 Å². The molecule has 3 aromatic rings. The lowest BCUT2D eigenvalue weighted by molar-refractivity contribution is -0.126. The summed E-state index contributed by atoms with van der Waals surface area (Å²) < 4.78 is 13.2. The van der Waals surface area contributed by atoms with Gasteiger partial charge in [0.1, 0.15) is 23.4 Å². The van der Waals surface area contributed by atoms with Crippen molar-refractivity contribution < 1.29 is 14.3 Å². The Kier molecular flexibility index (Phi) is 6.68. The molecule has 32 heavy (non-hydrogen) atoms. The molecular formula is C26H33N3O3. The van der Waals surface area contributed by atoms with Crippen molar-refractivity contribution in [1.82, 2.24) is 14.9 Å². The van der Waals surface area contributed by atoms with Gasteiger partial charge in [-0.1, -0.05) is 31.4 Å². The summed E-state index contributed by atoms with van der Waals surface area (Å²) in [4.78, 5) is 18.6. The molecule has 1 fully saturated rings. The fraction of sp³-hybridized carbons (Fsp3) is 0.462. The highest BCUT2D eigenvalue weighted by Gasteiger charge is 2.35. The molecule has 1 aliphatic rings. The first-order valence-corrected chi connectivity index (χ1v) is 11.5. The van der Waals surface area contributed by atoms with Gasteiger partial charge in [0.2, 0.25) is 5.91 Å². The zero-order valence-electron chi connectivity index (χ0n) is 19.4. The highest BCUT2D eigenvalue weighted by atomic mass is 16.5. The number of hydrogen-bond donors (Lipinski definition) is 1. The van der Waals surface area contributed by atoms with Crippen molar-refractivity contribution in [2.45, 2.75) is 58.0 Å². The normalized spacial score (nSPS) is 15.7. The van der Waals surface area contributed by atoms with E-state index in [1.165, 1.54) is 6.42 Å². The summed E-state index contributed by atoms with van der Waals surface area (Å²) in [7, 11) is 3.29. The number of amides is 1. The molecule has 4 rings (SSSR count). The third-order valence-electron chi connectivity index (χ3n) is 6.32. The first kappa shape index (κ1) is 22.2. The molecule has 1 unspecified atom stereocenters. The average Bonchev–Trinajstić information content (AvgIpc) is 3.18. The standard InChI is InChI=1S/C26H33N3O3/c1-17(2)27-26(30)24(18-10-6-5-7-11-18)29-22-13-9-8-12-21(22)28-25(29)20-15-14-19(31-3)16-23(20)32-4/h8-9,12-18,24H,5-7,10-11H2,1-4H3,(H,27,30). The second-order valence-corrected chi connectivity index (χ2v) is 8.87. The van der Waals surface area contributed by atoms with Crippen molar-refractivity contribution in [1.29, 1.82) is 0 Å². The maximum atomic E-state index is 13.6.